The quantitative estimate of drug-likeness (QED) is 0.729. The fourth-order valence-corrected chi connectivity index (χ4v) is 4.91. The predicted octanol–water partition coefficient (Wildman–Crippen LogP) is 4.46. The van der Waals surface area contributed by atoms with Gasteiger partial charge in [0.25, 0.3) is 0 Å². The van der Waals surface area contributed by atoms with Gasteiger partial charge in [-0.1, -0.05) is 61.1 Å². The van der Waals surface area contributed by atoms with Crippen LogP contribution in [0, 0.1) is 5.92 Å². The molecule has 0 aliphatic heterocycles. The second kappa shape index (κ2) is 8.67. The van der Waals surface area contributed by atoms with Crippen molar-refractivity contribution in [2.75, 3.05) is 5.32 Å². The molecule has 2 aromatic rings. The highest BCUT2D eigenvalue weighted by Gasteiger charge is 2.25. The molecule has 0 saturated heterocycles. The summed E-state index contributed by atoms with van der Waals surface area (Å²) >= 11 is 2.94. The van der Waals surface area contributed by atoms with E-state index < -0.39 is 0 Å². The lowest BCUT2D eigenvalue weighted by Crippen LogP contribution is -2.44. The van der Waals surface area contributed by atoms with Gasteiger partial charge in [-0.2, -0.15) is 0 Å². The zero-order valence-corrected chi connectivity index (χ0v) is 16.2. The van der Waals surface area contributed by atoms with Crippen LogP contribution >= 0.6 is 23.1 Å². The molecule has 0 unspecified atom stereocenters. The summed E-state index contributed by atoms with van der Waals surface area (Å²) in [6, 6.07) is 10.2. The second-order valence-electron chi connectivity index (χ2n) is 6.50. The third-order valence-electron chi connectivity index (χ3n) is 4.52. The lowest BCUT2D eigenvalue weighted by molar-refractivity contribution is -0.121. The van der Waals surface area contributed by atoms with Crippen molar-refractivity contribution in [3.63, 3.8) is 0 Å². The standard InChI is InChI=1S/C18H24N4OS2/c1-12-8-6-7-11-15(12)20-16(23)13(2)24-18-22-21-17(25-18)19-14-9-4-3-5-10-14/h3-5,9-10,12-13,15H,6-8,11H2,1-2H3,(H,19,21)(H,20,23)/t12-,13+,15-/m0/s1. The van der Waals surface area contributed by atoms with E-state index in [0.29, 0.717) is 12.0 Å². The number of para-hydroxylation sites is 1. The average Bonchev–Trinajstić information content (AvgIpc) is 3.04. The van der Waals surface area contributed by atoms with Crippen LogP contribution in [0.4, 0.5) is 10.8 Å². The summed E-state index contributed by atoms with van der Waals surface area (Å²) in [5.41, 5.74) is 0.979. The number of thioether (sulfide) groups is 1. The highest BCUT2D eigenvalue weighted by Crippen LogP contribution is 2.31. The van der Waals surface area contributed by atoms with Crippen LogP contribution in [0.3, 0.4) is 0 Å². The van der Waals surface area contributed by atoms with E-state index in [0.717, 1.165) is 21.6 Å². The number of nitrogens with one attached hydrogen (secondary N) is 2. The number of hydrogen-bond acceptors (Lipinski definition) is 6. The largest absolute Gasteiger partial charge is 0.352 e. The molecule has 1 fully saturated rings. The van der Waals surface area contributed by atoms with Gasteiger partial charge in [-0.15, -0.1) is 10.2 Å². The Labute approximate surface area is 157 Å². The van der Waals surface area contributed by atoms with Crippen molar-refractivity contribution < 1.29 is 4.79 Å². The molecule has 1 saturated carbocycles. The van der Waals surface area contributed by atoms with Crippen LogP contribution in [-0.2, 0) is 4.79 Å². The minimum Gasteiger partial charge on any atom is -0.352 e. The van der Waals surface area contributed by atoms with Gasteiger partial charge in [-0.3, -0.25) is 4.79 Å². The van der Waals surface area contributed by atoms with Crippen molar-refractivity contribution >= 4 is 39.8 Å². The Balaban J connectivity index is 1.52. The van der Waals surface area contributed by atoms with Crippen LogP contribution < -0.4 is 10.6 Å². The van der Waals surface area contributed by atoms with Crippen molar-refractivity contribution in [2.24, 2.45) is 5.92 Å². The molecule has 1 heterocycles. The van der Waals surface area contributed by atoms with Crippen molar-refractivity contribution in [1.82, 2.24) is 15.5 Å². The lowest BCUT2D eigenvalue weighted by Gasteiger charge is -2.30. The fourth-order valence-electron chi connectivity index (χ4n) is 2.99. The molecule has 3 atom stereocenters. The number of hydrogen-bond donors (Lipinski definition) is 2. The van der Waals surface area contributed by atoms with Crippen molar-refractivity contribution in [3.8, 4) is 0 Å². The smallest absolute Gasteiger partial charge is 0.233 e. The van der Waals surface area contributed by atoms with E-state index in [1.54, 1.807) is 0 Å². The molecule has 0 bridgehead atoms. The Morgan fingerprint density at radius 2 is 2.00 bits per heavy atom. The molecule has 7 heteroatoms. The number of anilines is 2. The highest BCUT2D eigenvalue weighted by atomic mass is 32.2. The maximum Gasteiger partial charge on any atom is 0.233 e. The summed E-state index contributed by atoms with van der Waals surface area (Å²) in [6.45, 7) is 4.16. The molecule has 5 nitrogen and oxygen atoms in total. The number of benzene rings is 1. The van der Waals surface area contributed by atoms with Crippen molar-refractivity contribution in [3.05, 3.63) is 30.3 Å². The molecule has 1 amide bonds. The molecule has 1 aliphatic rings. The number of aromatic nitrogens is 2. The van der Waals surface area contributed by atoms with Gasteiger partial charge in [0, 0.05) is 11.7 Å². The molecule has 1 aliphatic carbocycles. The number of amides is 1. The van der Waals surface area contributed by atoms with Gasteiger partial charge in [0.1, 0.15) is 0 Å². The minimum atomic E-state index is -0.174. The summed E-state index contributed by atoms with van der Waals surface area (Å²) in [7, 11) is 0. The van der Waals surface area contributed by atoms with Gasteiger partial charge in [-0.05, 0) is 37.8 Å². The topological polar surface area (TPSA) is 66.9 Å². The summed E-state index contributed by atoms with van der Waals surface area (Å²) in [6.07, 6.45) is 4.78. The molecule has 0 radical (unpaired) electrons. The molecular formula is C18H24N4OS2. The monoisotopic (exact) mass is 376 g/mol. The minimum absolute atomic E-state index is 0.0940. The zero-order valence-electron chi connectivity index (χ0n) is 14.6. The van der Waals surface area contributed by atoms with Gasteiger partial charge in [-0.25, -0.2) is 0 Å². The zero-order chi connectivity index (χ0) is 17.6. The van der Waals surface area contributed by atoms with Crippen LogP contribution in [0.5, 0.6) is 0 Å². The van der Waals surface area contributed by atoms with Crippen LogP contribution in [0.15, 0.2) is 34.7 Å². The first-order valence-electron chi connectivity index (χ1n) is 8.74. The van der Waals surface area contributed by atoms with Crippen LogP contribution in [0.25, 0.3) is 0 Å². The lowest BCUT2D eigenvalue weighted by atomic mass is 9.86. The van der Waals surface area contributed by atoms with Gasteiger partial charge in [0.05, 0.1) is 5.25 Å². The Kier molecular flexibility index (Phi) is 6.31. The highest BCUT2D eigenvalue weighted by molar-refractivity contribution is 8.02. The van der Waals surface area contributed by atoms with Crippen LogP contribution in [0.1, 0.15) is 39.5 Å². The van der Waals surface area contributed by atoms with Crippen molar-refractivity contribution in [2.45, 2.75) is 55.2 Å². The van der Waals surface area contributed by atoms with E-state index in [4.69, 9.17) is 0 Å². The van der Waals surface area contributed by atoms with Gasteiger partial charge in [0.2, 0.25) is 11.0 Å². The SMILES string of the molecule is C[C@@H](Sc1nnc(Nc2ccccc2)s1)C(=O)N[C@H]1CCCC[C@@H]1C. The Morgan fingerprint density at radius 1 is 1.24 bits per heavy atom. The summed E-state index contributed by atoms with van der Waals surface area (Å²) in [5.74, 6) is 0.662. The molecule has 134 valence electrons. The molecule has 1 aromatic heterocycles. The number of carbonyl (C=O) groups excluding carboxylic acids is 1. The Hall–Kier alpha value is -1.60. The summed E-state index contributed by atoms with van der Waals surface area (Å²) in [5, 5.41) is 15.4. The second-order valence-corrected chi connectivity index (χ2v) is 9.07. The maximum absolute atomic E-state index is 12.5. The molecule has 2 N–H and O–H groups in total. The molecular weight excluding hydrogens is 352 g/mol. The third kappa shape index (κ3) is 5.19. The first-order chi connectivity index (χ1) is 12.1. The van der Waals surface area contributed by atoms with Gasteiger partial charge < -0.3 is 10.6 Å². The number of rotatable bonds is 6. The average molecular weight is 377 g/mol. The van der Waals surface area contributed by atoms with E-state index in [1.807, 2.05) is 37.3 Å². The fraction of sp³-hybridized carbons (Fsp3) is 0.500. The van der Waals surface area contributed by atoms with Gasteiger partial charge in [0.15, 0.2) is 4.34 Å². The first kappa shape index (κ1) is 18.2. The van der Waals surface area contributed by atoms with E-state index in [9.17, 15) is 4.79 Å². The molecule has 1 aromatic carbocycles. The molecule has 0 spiro atoms. The normalized spacial score (nSPS) is 21.5. The van der Waals surface area contributed by atoms with E-state index in [1.165, 1.54) is 42.4 Å². The Morgan fingerprint density at radius 3 is 2.76 bits per heavy atom. The molecule has 25 heavy (non-hydrogen) atoms. The van der Waals surface area contributed by atoms with Crippen LogP contribution in [0.2, 0.25) is 0 Å². The first-order valence-corrected chi connectivity index (χ1v) is 10.4. The van der Waals surface area contributed by atoms with Crippen LogP contribution in [-0.4, -0.2) is 27.4 Å². The summed E-state index contributed by atoms with van der Waals surface area (Å²) < 4.78 is 0.803. The number of carbonyl (C=O) groups is 1. The predicted molar refractivity (Wildman–Crippen MR) is 105 cm³/mol. The van der Waals surface area contributed by atoms with Gasteiger partial charge >= 0.3 is 0 Å². The van der Waals surface area contributed by atoms with E-state index >= 15 is 0 Å². The van der Waals surface area contributed by atoms with Crippen molar-refractivity contribution in [1.29, 1.82) is 0 Å². The number of nitrogens with zero attached hydrogens (tertiary/aromatic N) is 2. The third-order valence-corrected chi connectivity index (χ3v) is 6.54. The summed E-state index contributed by atoms with van der Waals surface area (Å²) in [4.78, 5) is 12.5. The van der Waals surface area contributed by atoms with E-state index in [-0.39, 0.29) is 11.2 Å². The maximum atomic E-state index is 12.5. The Bertz CT molecular complexity index is 691. The molecule has 3 rings (SSSR count). The van der Waals surface area contributed by atoms with E-state index in [2.05, 4.69) is 27.8 Å².